The third-order valence-corrected chi connectivity index (χ3v) is 1.53. The van der Waals surface area contributed by atoms with Crippen LogP contribution in [0.25, 0.3) is 0 Å². The Balaban J connectivity index is 4.42. The molecule has 4 N–H and O–H groups in total. The highest BCUT2D eigenvalue weighted by Crippen LogP contribution is 2.11. The van der Waals surface area contributed by atoms with Gasteiger partial charge in [0.25, 0.3) is 0 Å². The van der Waals surface area contributed by atoms with Crippen molar-refractivity contribution >= 4 is 5.96 Å². The third kappa shape index (κ3) is 2.65. The second-order valence-corrected chi connectivity index (χ2v) is 3.40. The fraction of sp³-hybridized carbons (Fsp3) is 0.857. The van der Waals surface area contributed by atoms with Crippen LogP contribution in [0, 0.1) is 0 Å². The molecule has 0 radical (unpaired) electrons. The summed E-state index contributed by atoms with van der Waals surface area (Å²) in [5, 5.41) is 3.45. The van der Waals surface area contributed by atoms with E-state index in [-0.39, 0.29) is 5.54 Å². The third-order valence-electron chi connectivity index (χ3n) is 1.53. The van der Waals surface area contributed by atoms with Gasteiger partial charge in [0.1, 0.15) is 0 Å². The molecule has 0 amide bonds. The van der Waals surface area contributed by atoms with Crippen LogP contribution >= 0.6 is 0 Å². The van der Waals surface area contributed by atoms with Gasteiger partial charge in [-0.3, -0.25) is 0 Å². The van der Waals surface area contributed by atoms with Gasteiger partial charge in [-0.25, -0.2) is 0 Å². The largest absolute Gasteiger partial charge is 0.368 e. The van der Waals surface area contributed by atoms with Crippen LogP contribution in [0.4, 0.5) is 0 Å². The van der Waals surface area contributed by atoms with Gasteiger partial charge in [0.05, 0.1) is 0 Å². The molecule has 0 aliphatic carbocycles. The summed E-state index contributed by atoms with van der Waals surface area (Å²) in [5.74, 6) is 5.46. The molecule has 0 saturated heterocycles. The Hall–Kier alpha value is -0.930. The van der Waals surface area contributed by atoms with Crippen LogP contribution in [0.5, 0.6) is 0 Å². The van der Waals surface area contributed by atoms with E-state index in [0.29, 0.717) is 5.96 Å². The first-order valence-electron chi connectivity index (χ1n) is 3.74. The van der Waals surface area contributed by atoms with Crippen molar-refractivity contribution < 1.29 is 0 Å². The van der Waals surface area contributed by atoms with Crippen LogP contribution in [-0.4, -0.2) is 22.9 Å². The van der Waals surface area contributed by atoms with Gasteiger partial charge in [0.2, 0.25) is 5.96 Å². The van der Waals surface area contributed by atoms with Crippen molar-refractivity contribution in [3.63, 3.8) is 0 Å². The van der Waals surface area contributed by atoms with Crippen LogP contribution in [0.1, 0.15) is 27.7 Å². The molecule has 0 saturated carbocycles. The smallest absolute Gasteiger partial charge is 0.213 e. The normalized spacial score (nSPS) is 13.3. The fourth-order valence-corrected chi connectivity index (χ4v) is 1.05. The summed E-state index contributed by atoms with van der Waals surface area (Å²) in [5.41, 5.74) is 5.55. The van der Waals surface area contributed by atoms with Gasteiger partial charge in [-0.05, 0) is 27.7 Å². The monoisotopic (exact) mass is 158 g/mol. The maximum absolute atomic E-state index is 5.56. The first-order valence-corrected chi connectivity index (χ1v) is 3.74. The molecule has 0 fully saturated rings. The van der Waals surface area contributed by atoms with Crippen molar-refractivity contribution in [1.29, 1.82) is 0 Å². The van der Waals surface area contributed by atoms with E-state index in [4.69, 9.17) is 11.6 Å². The molecule has 0 atom stereocenters. The molecule has 66 valence electrons. The van der Waals surface area contributed by atoms with Crippen molar-refractivity contribution in [2.75, 3.05) is 6.54 Å². The zero-order chi connectivity index (χ0) is 9.07. The van der Waals surface area contributed by atoms with Crippen molar-refractivity contribution in [3.8, 4) is 0 Å². The van der Waals surface area contributed by atoms with Gasteiger partial charge >= 0.3 is 0 Å². The first-order chi connectivity index (χ1) is 4.93. The van der Waals surface area contributed by atoms with E-state index in [2.05, 4.69) is 25.9 Å². The van der Waals surface area contributed by atoms with E-state index in [1.807, 2.05) is 11.8 Å². The molecule has 11 heavy (non-hydrogen) atoms. The Morgan fingerprint density at radius 3 is 2.00 bits per heavy atom. The maximum atomic E-state index is 5.56. The quantitative estimate of drug-likeness (QED) is 0.249. The summed E-state index contributed by atoms with van der Waals surface area (Å²) in [6.45, 7) is 9.02. The topological polar surface area (TPSA) is 67.6 Å². The fourth-order valence-electron chi connectivity index (χ4n) is 1.05. The average Bonchev–Trinajstić information content (AvgIpc) is 1.86. The molecule has 4 nitrogen and oxygen atoms in total. The van der Waals surface area contributed by atoms with Crippen LogP contribution in [0.2, 0.25) is 0 Å². The predicted molar refractivity (Wildman–Crippen MR) is 47.9 cm³/mol. The number of nitrogens with two attached hydrogens (primary N) is 2. The lowest BCUT2D eigenvalue weighted by atomic mass is 10.1. The van der Waals surface area contributed by atoms with Crippen molar-refractivity contribution in [2.45, 2.75) is 33.2 Å². The number of hydrogen-bond acceptors (Lipinski definition) is 2. The molecule has 0 heterocycles. The Kier molecular flexibility index (Phi) is 3.17. The van der Waals surface area contributed by atoms with Crippen molar-refractivity contribution in [3.05, 3.63) is 0 Å². The summed E-state index contributed by atoms with van der Waals surface area (Å²) < 4.78 is 0. The second-order valence-electron chi connectivity index (χ2n) is 3.40. The average molecular weight is 158 g/mol. The molecular weight excluding hydrogens is 140 g/mol. The van der Waals surface area contributed by atoms with Crippen LogP contribution < -0.4 is 11.6 Å². The van der Waals surface area contributed by atoms with Crippen molar-refractivity contribution in [2.24, 2.45) is 16.7 Å². The molecule has 0 aliphatic heterocycles. The van der Waals surface area contributed by atoms with Crippen molar-refractivity contribution in [1.82, 2.24) is 4.90 Å². The minimum absolute atomic E-state index is 0.0122. The Labute approximate surface area is 68.2 Å². The van der Waals surface area contributed by atoms with Gasteiger partial charge in [-0.2, -0.15) is 0 Å². The van der Waals surface area contributed by atoms with Crippen LogP contribution in [0.3, 0.4) is 0 Å². The number of rotatable bonds is 1. The summed E-state index contributed by atoms with van der Waals surface area (Å²) in [6, 6.07) is 0. The highest BCUT2D eigenvalue weighted by molar-refractivity contribution is 5.78. The zero-order valence-electron chi connectivity index (χ0n) is 7.76. The van der Waals surface area contributed by atoms with E-state index in [1.54, 1.807) is 0 Å². The Morgan fingerprint density at radius 1 is 1.45 bits per heavy atom. The number of hydrogen-bond donors (Lipinski definition) is 2. The predicted octanol–water partition coefficient (Wildman–Crippen LogP) is 0.295. The summed E-state index contributed by atoms with van der Waals surface area (Å²) in [7, 11) is 0. The molecule has 0 aliphatic rings. The lowest BCUT2D eigenvalue weighted by Gasteiger charge is -2.35. The molecule has 0 spiro atoms. The number of nitrogens with zero attached hydrogens (tertiary/aromatic N) is 2. The first kappa shape index (κ1) is 10.1. The van der Waals surface area contributed by atoms with Crippen LogP contribution in [-0.2, 0) is 0 Å². The summed E-state index contributed by atoms with van der Waals surface area (Å²) in [6.07, 6.45) is 0. The van der Waals surface area contributed by atoms with Gasteiger partial charge in [0.15, 0.2) is 0 Å². The molecule has 0 aromatic heterocycles. The molecule has 0 rings (SSSR count). The van der Waals surface area contributed by atoms with Gasteiger partial charge in [-0.15, -0.1) is 5.10 Å². The molecule has 0 bridgehead atoms. The van der Waals surface area contributed by atoms with E-state index < -0.39 is 0 Å². The van der Waals surface area contributed by atoms with Gasteiger partial charge < -0.3 is 16.5 Å². The lowest BCUT2D eigenvalue weighted by Crippen LogP contribution is -2.49. The van der Waals surface area contributed by atoms with Crippen LogP contribution in [0.15, 0.2) is 5.10 Å². The second kappa shape index (κ2) is 3.46. The van der Waals surface area contributed by atoms with E-state index in [1.165, 1.54) is 0 Å². The highest BCUT2D eigenvalue weighted by Gasteiger charge is 2.20. The van der Waals surface area contributed by atoms with E-state index in [9.17, 15) is 0 Å². The SMILES string of the molecule is CCN(/C(N)=N/N)C(C)(C)C. The summed E-state index contributed by atoms with van der Waals surface area (Å²) in [4.78, 5) is 1.94. The molecule has 0 unspecified atom stereocenters. The number of guanidine groups is 1. The zero-order valence-corrected chi connectivity index (χ0v) is 7.76. The lowest BCUT2D eigenvalue weighted by molar-refractivity contribution is 0.244. The molecule has 0 aromatic carbocycles. The molecular formula is C7H18N4. The summed E-state index contributed by atoms with van der Waals surface area (Å²) >= 11 is 0. The Morgan fingerprint density at radius 2 is 1.91 bits per heavy atom. The van der Waals surface area contributed by atoms with E-state index in [0.717, 1.165) is 6.54 Å². The standard InChI is InChI=1S/C7H18N4/c1-5-11(6(8)10-9)7(2,3)4/h5,9H2,1-4H3,(H2,8,10). The Bertz CT molecular complexity index is 145. The molecule has 4 heteroatoms. The minimum Gasteiger partial charge on any atom is -0.368 e. The van der Waals surface area contributed by atoms with Gasteiger partial charge in [0, 0.05) is 12.1 Å². The highest BCUT2D eigenvalue weighted by atomic mass is 15.3. The number of hydrazone groups is 1. The minimum atomic E-state index is -0.0122. The molecule has 0 aromatic rings. The van der Waals surface area contributed by atoms with Gasteiger partial charge in [-0.1, -0.05) is 0 Å². The maximum Gasteiger partial charge on any atom is 0.213 e. The van der Waals surface area contributed by atoms with E-state index >= 15 is 0 Å².